The van der Waals surface area contributed by atoms with E-state index in [2.05, 4.69) is 10.3 Å². The summed E-state index contributed by atoms with van der Waals surface area (Å²) >= 11 is 0. The Bertz CT molecular complexity index is 2380. The Labute approximate surface area is 317 Å². The first-order chi connectivity index (χ1) is 26.7. The fourth-order valence-electron chi connectivity index (χ4n) is 6.38. The molecule has 0 fully saturated rings. The van der Waals surface area contributed by atoms with Gasteiger partial charge in [0.1, 0.15) is 0 Å². The van der Waals surface area contributed by atoms with Crippen molar-refractivity contribution in [3.05, 3.63) is 89.6 Å². The molecule has 55 heavy (non-hydrogen) atoms. The molecule has 0 aliphatic rings. The number of carbonyl (C=O) groups is 2. The third kappa shape index (κ3) is 7.63. The molecule has 0 aliphatic heterocycles. The number of para-hydroxylation sites is 1. The number of aromatic nitrogens is 2. The van der Waals surface area contributed by atoms with Gasteiger partial charge in [-0.3, -0.25) is 9.59 Å². The number of esters is 1. The molecule has 2 aromatic heterocycles. The number of ether oxygens (including phenoxy) is 8. The van der Waals surface area contributed by atoms with E-state index in [0.29, 0.717) is 68.3 Å². The standard InChI is InChI=1S/C42H41N3O10/c1-23(46)55-32-14-13-24(16-33(32)48-2)15-29(25-17-34(49-3)40(53-7)35(18-25)50-4)42(47)43-22-27-21-30-28-11-9-10-12-31(28)45-39(30)38(44-27)26-19-36(51-5)41(54-8)37(20-26)52-6/h9-21,45H,22H2,1-8H3,(H,43,47)/b29-15+. The fraction of sp³-hybridized carbons (Fsp3) is 0.214. The molecule has 13 nitrogen and oxygen atoms in total. The van der Waals surface area contributed by atoms with E-state index in [1.54, 1.807) is 57.7 Å². The number of pyridine rings is 1. The van der Waals surface area contributed by atoms with Gasteiger partial charge in [0.05, 0.1) is 73.2 Å². The molecule has 0 bridgehead atoms. The molecule has 0 atom stereocenters. The van der Waals surface area contributed by atoms with Gasteiger partial charge in [0.25, 0.3) is 5.91 Å². The lowest BCUT2D eigenvalue weighted by atomic mass is 10.00. The van der Waals surface area contributed by atoms with Gasteiger partial charge in [-0.15, -0.1) is 0 Å². The van der Waals surface area contributed by atoms with Crippen LogP contribution in [0.1, 0.15) is 23.7 Å². The second-order valence-corrected chi connectivity index (χ2v) is 12.1. The van der Waals surface area contributed by atoms with Gasteiger partial charge in [0.2, 0.25) is 11.5 Å². The number of H-pyrrole nitrogens is 1. The minimum absolute atomic E-state index is 0.0577. The second-order valence-electron chi connectivity index (χ2n) is 12.1. The Morgan fingerprint density at radius 1 is 0.673 bits per heavy atom. The Morgan fingerprint density at radius 2 is 1.27 bits per heavy atom. The van der Waals surface area contributed by atoms with Crippen LogP contribution in [0.5, 0.6) is 46.0 Å². The van der Waals surface area contributed by atoms with Crippen molar-refractivity contribution in [2.45, 2.75) is 13.5 Å². The number of rotatable bonds is 14. The molecule has 6 aromatic rings. The predicted molar refractivity (Wildman–Crippen MR) is 209 cm³/mol. The zero-order valence-corrected chi connectivity index (χ0v) is 31.7. The van der Waals surface area contributed by atoms with Crippen LogP contribution in [0.2, 0.25) is 0 Å². The number of carbonyl (C=O) groups excluding carboxylic acids is 2. The summed E-state index contributed by atoms with van der Waals surface area (Å²) in [5, 5.41) is 4.98. The Hall–Kier alpha value is -6.89. The first kappa shape index (κ1) is 37.9. The van der Waals surface area contributed by atoms with Gasteiger partial charge in [-0.25, -0.2) is 4.98 Å². The van der Waals surface area contributed by atoms with Gasteiger partial charge in [-0.2, -0.15) is 0 Å². The summed E-state index contributed by atoms with van der Waals surface area (Å²) in [6.07, 6.45) is 1.69. The van der Waals surface area contributed by atoms with Crippen molar-refractivity contribution in [3.8, 4) is 57.3 Å². The van der Waals surface area contributed by atoms with Crippen LogP contribution in [0, 0.1) is 0 Å². The summed E-state index contributed by atoms with van der Waals surface area (Å²) in [5.41, 5.74) is 4.99. The van der Waals surface area contributed by atoms with Crippen molar-refractivity contribution in [1.82, 2.24) is 15.3 Å². The average molecular weight is 748 g/mol. The van der Waals surface area contributed by atoms with Gasteiger partial charge in [-0.05, 0) is 65.7 Å². The van der Waals surface area contributed by atoms with Crippen molar-refractivity contribution in [1.29, 1.82) is 0 Å². The Kier molecular flexibility index (Phi) is 11.3. The van der Waals surface area contributed by atoms with Gasteiger partial charge in [0, 0.05) is 34.3 Å². The van der Waals surface area contributed by atoms with Crippen LogP contribution in [0.25, 0.3) is 44.7 Å². The SMILES string of the molecule is COc1cc(/C=C(/C(=O)NCc2cc3c([nH]c4ccccc43)c(-c3cc(OC)c(OC)c(OC)c3)n2)c2cc(OC)c(OC)c(OC)c2)ccc1OC(C)=O. The number of aromatic amines is 1. The molecule has 2 N–H and O–H groups in total. The van der Waals surface area contributed by atoms with E-state index in [-0.39, 0.29) is 17.9 Å². The lowest BCUT2D eigenvalue weighted by Gasteiger charge is -2.17. The summed E-state index contributed by atoms with van der Waals surface area (Å²) < 4.78 is 44.5. The van der Waals surface area contributed by atoms with E-state index in [1.165, 1.54) is 35.4 Å². The fourth-order valence-corrected chi connectivity index (χ4v) is 6.38. The lowest BCUT2D eigenvalue weighted by molar-refractivity contribution is -0.132. The third-order valence-electron chi connectivity index (χ3n) is 8.89. The molecule has 2 heterocycles. The number of hydrogen-bond donors (Lipinski definition) is 2. The number of hydrogen-bond acceptors (Lipinski definition) is 11. The highest BCUT2D eigenvalue weighted by molar-refractivity contribution is 6.24. The number of nitrogens with zero attached hydrogens (tertiary/aromatic N) is 1. The molecule has 0 aliphatic carbocycles. The quantitative estimate of drug-likeness (QED) is 0.0503. The predicted octanol–water partition coefficient (Wildman–Crippen LogP) is 7.23. The summed E-state index contributed by atoms with van der Waals surface area (Å²) in [6, 6.07) is 21.9. The maximum atomic E-state index is 14.4. The van der Waals surface area contributed by atoms with Crippen LogP contribution in [-0.4, -0.2) is 71.6 Å². The highest BCUT2D eigenvalue weighted by Gasteiger charge is 2.22. The van der Waals surface area contributed by atoms with Crippen LogP contribution < -0.4 is 43.2 Å². The maximum absolute atomic E-state index is 14.4. The van der Waals surface area contributed by atoms with Crippen molar-refractivity contribution in [2.75, 3.05) is 49.8 Å². The van der Waals surface area contributed by atoms with Crippen LogP contribution >= 0.6 is 0 Å². The van der Waals surface area contributed by atoms with Gasteiger partial charge in [-0.1, -0.05) is 24.3 Å². The Balaban J connectivity index is 1.46. The minimum atomic E-state index is -0.494. The van der Waals surface area contributed by atoms with Crippen molar-refractivity contribution < 1.29 is 47.5 Å². The Morgan fingerprint density at radius 3 is 1.85 bits per heavy atom. The number of amides is 1. The number of methoxy groups -OCH3 is 7. The molecule has 0 radical (unpaired) electrons. The highest BCUT2D eigenvalue weighted by Crippen LogP contribution is 2.43. The molecule has 0 spiro atoms. The van der Waals surface area contributed by atoms with Gasteiger partial charge in [0.15, 0.2) is 34.5 Å². The van der Waals surface area contributed by atoms with Crippen LogP contribution in [0.15, 0.2) is 72.8 Å². The van der Waals surface area contributed by atoms with E-state index >= 15 is 0 Å². The minimum Gasteiger partial charge on any atom is -0.493 e. The first-order valence-electron chi connectivity index (χ1n) is 17.0. The van der Waals surface area contributed by atoms with E-state index in [0.717, 1.165) is 21.8 Å². The van der Waals surface area contributed by atoms with Crippen molar-refractivity contribution >= 4 is 45.3 Å². The molecule has 4 aromatic carbocycles. The second kappa shape index (κ2) is 16.4. The van der Waals surface area contributed by atoms with E-state index < -0.39 is 11.9 Å². The molecule has 6 rings (SSSR count). The topological polar surface area (TPSA) is 149 Å². The smallest absolute Gasteiger partial charge is 0.308 e. The number of fused-ring (bicyclic) bond motifs is 3. The zero-order chi connectivity index (χ0) is 39.2. The van der Waals surface area contributed by atoms with Crippen molar-refractivity contribution in [3.63, 3.8) is 0 Å². The molecule has 1 amide bonds. The zero-order valence-electron chi connectivity index (χ0n) is 31.7. The summed E-state index contributed by atoms with van der Waals surface area (Å²) in [4.78, 5) is 34.7. The van der Waals surface area contributed by atoms with Crippen LogP contribution in [0.3, 0.4) is 0 Å². The summed E-state index contributed by atoms with van der Waals surface area (Å²) in [5.74, 6) is 2.13. The van der Waals surface area contributed by atoms with Crippen LogP contribution in [0.4, 0.5) is 0 Å². The normalized spacial score (nSPS) is 11.2. The molecular weight excluding hydrogens is 706 g/mol. The molecule has 0 unspecified atom stereocenters. The molecule has 0 saturated heterocycles. The molecule has 13 heteroatoms. The highest BCUT2D eigenvalue weighted by atomic mass is 16.6. The van der Waals surface area contributed by atoms with E-state index in [4.69, 9.17) is 42.9 Å². The first-order valence-corrected chi connectivity index (χ1v) is 17.0. The maximum Gasteiger partial charge on any atom is 0.308 e. The van der Waals surface area contributed by atoms with Gasteiger partial charge >= 0.3 is 5.97 Å². The van der Waals surface area contributed by atoms with Gasteiger partial charge < -0.3 is 48.2 Å². The third-order valence-corrected chi connectivity index (χ3v) is 8.89. The number of nitrogens with one attached hydrogen (secondary N) is 2. The monoisotopic (exact) mass is 747 g/mol. The summed E-state index contributed by atoms with van der Waals surface area (Å²) in [6.45, 7) is 1.36. The lowest BCUT2D eigenvalue weighted by Crippen LogP contribution is -2.24. The van der Waals surface area contributed by atoms with Crippen molar-refractivity contribution in [2.24, 2.45) is 0 Å². The largest absolute Gasteiger partial charge is 0.493 e. The van der Waals surface area contributed by atoms with E-state index in [9.17, 15) is 9.59 Å². The molecule has 284 valence electrons. The van der Waals surface area contributed by atoms with E-state index in [1.807, 2.05) is 42.5 Å². The molecular formula is C42H41N3O10. The number of benzene rings is 4. The molecule has 0 saturated carbocycles. The van der Waals surface area contributed by atoms with Crippen LogP contribution in [-0.2, 0) is 16.1 Å². The average Bonchev–Trinajstić information content (AvgIpc) is 3.59. The summed E-state index contributed by atoms with van der Waals surface area (Å²) in [7, 11) is 10.6.